The molecule has 2 bridgehead atoms. The number of methoxy groups -OCH3 is 1. The van der Waals surface area contributed by atoms with Gasteiger partial charge in [-0.25, -0.2) is 4.79 Å². The fraction of sp³-hybridized carbons (Fsp3) is 0.704. The topological polar surface area (TPSA) is 95.1 Å². The largest absolute Gasteiger partial charge is 0.467 e. The van der Waals surface area contributed by atoms with Gasteiger partial charge in [-0.15, -0.1) is 0 Å². The number of hydrogen-bond acceptors (Lipinski definition) is 7. The van der Waals surface area contributed by atoms with Crippen LogP contribution in [0, 0.1) is 17.8 Å². The molecule has 9 atom stereocenters. The lowest BCUT2D eigenvalue weighted by Crippen LogP contribution is -2.60. The molecule has 1 aromatic rings. The number of hydrogen-bond donors (Lipinski definition) is 2. The van der Waals surface area contributed by atoms with Gasteiger partial charge in [0.2, 0.25) is 5.91 Å². The molecule has 0 aromatic heterocycles. The number of benzene rings is 1. The summed E-state index contributed by atoms with van der Waals surface area (Å²) in [4.78, 5) is 25.7. The second kappa shape index (κ2) is 9.47. The summed E-state index contributed by atoms with van der Waals surface area (Å²) in [7, 11) is 1.32. The average molecular weight is 487 g/mol. The van der Waals surface area contributed by atoms with Crippen LogP contribution < -0.4 is 10.6 Å². The maximum Gasteiger partial charge on any atom is 0.333 e. The number of rotatable bonds is 5. The van der Waals surface area contributed by atoms with E-state index in [-0.39, 0.29) is 30.6 Å². The van der Waals surface area contributed by atoms with E-state index in [1.165, 1.54) is 7.11 Å². The first-order valence-electron chi connectivity index (χ1n) is 12.9. The van der Waals surface area contributed by atoms with Gasteiger partial charge in [-0.05, 0) is 36.2 Å². The van der Waals surface area contributed by atoms with Gasteiger partial charge in [-0.2, -0.15) is 0 Å². The molecule has 0 aliphatic carbocycles. The number of nitrogens with one attached hydrogen (secondary N) is 2. The van der Waals surface area contributed by atoms with Crippen molar-refractivity contribution in [1.82, 2.24) is 10.6 Å². The zero-order valence-corrected chi connectivity index (χ0v) is 21.1. The monoisotopic (exact) mass is 486 g/mol. The molecule has 4 saturated heterocycles. The van der Waals surface area contributed by atoms with E-state index in [4.69, 9.17) is 18.9 Å². The van der Waals surface area contributed by atoms with Crippen molar-refractivity contribution < 1.29 is 28.5 Å². The smallest absolute Gasteiger partial charge is 0.333 e. The highest BCUT2D eigenvalue weighted by Gasteiger charge is 2.61. The minimum atomic E-state index is -1.02. The summed E-state index contributed by atoms with van der Waals surface area (Å²) in [5, 5.41) is 6.53. The van der Waals surface area contributed by atoms with E-state index < -0.39 is 23.5 Å². The predicted molar refractivity (Wildman–Crippen MR) is 128 cm³/mol. The van der Waals surface area contributed by atoms with E-state index in [0.717, 1.165) is 25.8 Å². The van der Waals surface area contributed by atoms with Gasteiger partial charge in [0.25, 0.3) is 0 Å². The maximum absolute atomic E-state index is 13.3. The molecular weight excluding hydrogens is 448 g/mol. The Morgan fingerprint density at radius 2 is 1.80 bits per heavy atom. The molecule has 35 heavy (non-hydrogen) atoms. The number of carbonyl (C=O) groups excluding carboxylic acids is 2. The quantitative estimate of drug-likeness (QED) is 0.618. The van der Waals surface area contributed by atoms with Crippen LogP contribution in [-0.4, -0.2) is 55.4 Å². The van der Waals surface area contributed by atoms with Crippen LogP contribution in [0.5, 0.6) is 0 Å². The second-order valence-electron chi connectivity index (χ2n) is 11.2. The summed E-state index contributed by atoms with van der Waals surface area (Å²) >= 11 is 0. The molecule has 192 valence electrons. The van der Waals surface area contributed by atoms with E-state index in [9.17, 15) is 9.59 Å². The molecule has 1 spiro atoms. The third-order valence-corrected chi connectivity index (χ3v) is 8.22. The maximum atomic E-state index is 13.3. The molecule has 0 unspecified atom stereocenters. The number of esters is 1. The van der Waals surface area contributed by atoms with Crippen molar-refractivity contribution in [3.63, 3.8) is 0 Å². The van der Waals surface area contributed by atoms with E-state index >= 15 is 0 Å². The first-order chi connectivity index (χ1) is 16.7. The van der Waals surface area contributed by atoms with Crippen LogP contribution in [0.4, 0.5) is 0 Å². The van der Waals surface area contributed by atoms with Crippen molar-refractivity contribution in [1.29, 1.82) is 0 Å². The normalized spacial score (nSPS) is 41.1. The summed E-state index contributed by atoms with van der Waals surface area (Å²) in [5.41, 5.74) is 0.266. The summed E-state index contributed by atoms with van der Waals surface area (Å²) in [6, 6.07) is 8.23. The molecule has 0 saturated carbocycles. The summed E-state index contributed by atoms with van der Waals surface area (Å²) in [6.07, 6.45) is 2.97. The molecule has 4 fully saturated rings. The fourth-order valence-corrected chi connectivity index (χ4v) is 6.63. The third-order valence-electron chi connectivity index (χ3n) is 8.22. The van der Waals surface area contributed by atoms with Gasteiger partial charge in [-0.1, -0.05) is 51.1 Å². The zero-order chi connectivity index (χ0) is 24.8. The molecule has 8 heteroatoms. The van der Waals surface area contributed by atoms with Crippen LogP contribution >= 0.6 is 0 Å². The van der Waals surface area contributed by atoms with E-state index in [1.54, 1.807) is 12.1 Å². The Kier molecular flexibility index (Phi) is 6.68. The van der Waals surface area contributed by atoms with Crippen LogP contribution in [0.2, 0.25) is 0 Å². The van der Waals surface area contributed by atoms with Crippen LogP contribution in [0.25, 0.3) is 0 Å². The predicted octanol–water partition coefficient (Wildman–Crippen LogP) is 3.07. The van der Waals surface area contributed by atoms with Crippen molar-refractivity contribution in [2.45, 2.75) is 88.7 Å². The molecule has 4 aliphatic rings. The van der Waals surface area contributed by atoms with Gasteiger partial charge in [0.1, 0.15) is 11.8 Å². The minimum Gasteiger partial charge on any atom is -0.467 e. The Balaban J connectivity index is 1.32. The lowest BCUT2D eigenvalue weighted by atomic mass is 9.80. The third kappa shape index (κ3) is 4.73. The van der Waals surface area contributed by atoms with Crippen LogP contribution in [0.3, 0.4) is 0 Å². The molecule has 0 radical (unpaired) electrons. The van der Waals surface area contributed by atoms with E-state index in [1.807, 2.05) is 18.2 Å². The second-order valence-corrected chi connectivity index (χ2v) is 11.2. The summed E-state index contributed by atoms with van der Waals surface area (Å²) < 4.78 is 24.7. The number of ether oxygens (including phenoxy) is 4. The molecule has 5 rings (SSSR count). The molecule has 8 nitrogen and oxygen atoms in total. The van der Waals surface area contributed by atoms with Gasteiger partial charge in [0.05, 0.1) is 25.7 Å². The number of carbonyl (C=O) groups is 2. The van der Waals surface area contributed by atoms with Crippen LogP contribution in [0.15, 0.2) is 30.3 Å². The lowest BCUT2D eigenvalue weighted by molar-refractivity contribution is -0.363. The highest BCUT2D eigenvalue weighted by Crippen LogP contribution is 2.51. The van der Waals surface area contributed by atoms with Crippen LogP contribution in [0.1, 0.15) is 64.5 Å². The molecule has 1 amide bonds. The van der Waals surface area contributed by atoms with E-state index in [2.05, 4.69) is 31.4 Å². The highest BCUT2D eigenvalue weighted by molar-refractivity contribution is 5.85. The summed E-state index contributed by atoms with van der Waals surface area (Å²) in [6.45, 7) is 7.60. The van der Waals surface area contributed by atoms with Crippen molar-refractivity contribution in [3.05, 3.63) is 35.9 Å². The standard InChI is InChI=1S/C27H38N2O6/c1-16-11-20-24-21(13-27(35-24)18(3)10-17(2)15-28-27)34-26(12-16,33-20)14-22(30)29-23(25(31)32-4)19-8-6-5-7-9-19/h5-9,16-18,20-21,23-24,28H,10-15H2,1-4H3,(H,29,30)/t16-,17+,18-,20-,21+,23+,24+,26-,27-/m1/s1. The Bertz CT molecular complexity index is 943. The van der Waals surface area contributed by atoms with Gasteiger partial charge in [-0.3, -0.25) is 10.1 Å². The molecule has 2 N–H and O–H groups in total. The first kappa shape index (κ1) is 24.7. The Labute approximate surface area is 207 Å². The van der Waals surface area contributed by atoms with Crippen molar-refractivity contribution in [2.75, 3.05) is 13.7 Å². The SMILES string of the molecule is COC(=O)[C@@H](NC(=O)C[C@]12C[C@H](C)C[C@@H](O1)[C@@H]1O[C@@]3(C[C@@H]1O2)NC[C@@H](C)C[C@H]3C)c1ccccc1. The number of fused-ring (bicyclic) bond motifs is 4. The van der Waals surface area contributed by atoms with Gasteiger partial charge in [0, 0.05) is 19.4 Å². The van der Waals surface area contributed by atoms with E-state index in [0.29, 0.717) is 29.7 Å². The molecule has 4 aliphatic heterocycles. The van der Waals surface area contributed by atoms with Crippen molar-refractivity contribution >= 4 is 11.9 Å². The minimum absolute atomic E-state index is 0.0183. The zero-order valence-electron chi connectivity index (χ0n) is 21.1. The van der Waals surface area contributed by atoms with Crippen molar-refractivity contribution in [2.24, 2.45) is 17.8 Å². The van der Waals surface area contributed by atoms with Crippen molar-refractivity contribution in [3.8, 4) is 0 Å². The summed E-state index contributed by atoms with van der Waals surface area (Å²) in [5.74, 6) is -0.540. The molecule has 1 aromatic carbocycles. The van der Waals surface area contributed by atoms with Gasteiger partial charge < -0.3 is 24.3 Å². The molecular formula is C27H38N2O6. The Hall–Kier alpha value is -2.00. The Morgan fingerprint density at radius 1 is 1.06 bits per heavy atom. The average Bonchev–Trinajstić information content (AvgIpc) is 3.19. The van der Waals surface area contributed by atoms with Gasteiger partial charge >= 0.3 is 5.97 Å². The molecule has 4 heterocycles. The van der Waals surface area contributed by atoms with Crippen LogP contribution in [-0.2, 0) is 28.5 Å². The highest BCUT2D eigenvalue weighted by atomic mass is 16.7. The van der Waals surface area contributed by atoms with Gasteiger partial charge in [0.15, 0.2) is 11.8 Å². The number of piperidine rings is 1. The number of amides is 1. The fourth-order valence-electron chi connectivity index (χ4n) is 6.63. The first-order valence-corrected chi connectivity index (χ1v) is 12.9. The Morgan fingerprint density at radius 3 is 2.51 bits per heavy atom. The lowest BCUT2D eigenvalue weighted by Gasteiger charge is -2.51.